The van der Waals surface area contributed by atoms with Crippen molar-refractivity contribution in [2.75, 3.05) is 13.2 Å². The second-order valence-corrected chi connectivity index (χ2v) is 8.90. The molecule has 0 aliphatic carbocycles. The van der Waals surface area contributed by atoms with Crippen LogP contribution in [0.5, 0.6) is 5.75 Å². The maximum atomic E-state index is 10.7. The van der Waals surface area contributed by atoms with Crippen molar-refractivity contribution in [3.8, 4) is 5.75 Å². The number of aryl methyl sites for hydroxylation is 1. The Hall–Kier alpha value is -0.780. The van der Waals surface area contributed by atoms with Gasteiger partial charge in [-0.05, 0) is 43.9 Å². The largest absolute Gasteiger partial charge is 0.522 e. The quantitative estimate of drug-likeness (QED) is 0.269. The van der Waals surface area contributed by atoms with E-state index in [1.54, 1.807) is 0 Å². The van der Waals surface area contributed by atoms with Crippen LogP contribution < -0.4 is 10.5 Å². The molecule has 0 spiro atoms. The molecule has 0 aromatic heterocycles. The van der Waals surface area contributed by atoms with Crippen molar-refractivity contribution in [2.24, 2.45) is 5.73 Å². The van der Waals surface area contributed by atoms with Crippen molar-refractivity contribution in [1.82, 2.24) is 0 Å². The van der Waals surface area contributed by atoms with Crippen molar-refractivity contribution in [3.63, 3.8) is 0 Å². The van der Waals surface area contributed by atoms with Crippen LogP contribution in [0.2, 0.25) is 10.0 Å². The predicted octanol–water partition coefficient (Wildman–Crippen LogP) is 4.60. The number of benzene rings is 1. The van der Waals surface area contributed by atoms with Crippen molar-refractivity contribution < 1.29 is 36.0 Å². The van der Waals surface area contributed by atoms with Gasteiger partial charge >= 0.3 is 15.6 Å². The van der Waals surface area contributed by atoms with Gasteiger partial charge < -0.3 is 15.6 Å². The molecule has 6 nitrogen and oxygen atoms in total. The third kappa shape index (κ3) is 11.3. The molecule has 0 bridgehead atoms. The van der Waals surface area contributed by atoms with Crippen molar-refractivity contribution in [1.29, 1.82) is 0 Å². The zero-order chi connectivity index (χ0) is 22.9. The first-order valence-corrected chi connectivity index (χ1v) is 10.9. The number of hydrogen-bond donors (Lipinski definition) is 3. The fourth-order valence-corrected chi connectivity index (χ4v) is 2.57. The molecule has 4 N–H and O–H groups in total. The van der Waals surface area contributed by atoms with Gasteiger partial charge in [-0.2, -0.15) is 21.6 Å². The first kappa shape index (κ1) is 28.2. The first-order chi connectivity index (χ1) is 13.1. The summed E-state index contributed by atoms with van der Waals surface area (Å²) in [7, 11) is -5.84. The van der Waals surface area contributed by atoms with Crippen LogP contribution in [0.4, 0.5) is 13.2 Å². The van der Waals surface area contributed by atoms with Crippen LogP contribution in [0, 0.1) is 0 Å². The lowest BCUT2D eigenvalue weighted by molar-refractivity contribution is -0.0510. The lowest BCUT2D eigenvalue weighted by Gasteiger charge is -2.21. The molecule has 0 aliphatic heterocycles. The van der Waals surface area contributed by atoms with Gasteiger partial charge in [-0.1, -0.05) is 43.0 Å². The fraction of sp³-hybridized carbons (Fsp3) is 0.647. The summed E-state index contributed by atoms with van der Waals surface area (Å²) in [6.07, 6.45) is 4.64. The maximum absolute atomic E-state index is 10.7. The topological polar surface area (TPSA) is 110 Å². The lowest BCUT2D eigenvalue weighted by Crippen LogP contribution is -2.40. The van der Waals surface area contributed by atoms with E-state index in [0.717, 1.165) is 24.8 Å². The van der Waals surface area contributed by atoms with Gasteiger partial charge in [0.05, 0.1) is 23.3 Å². The maximum Gasteiger partial charge on any atom is 0.522 e. The molecule has 0 radical (unpaired) electrons. The molecule has 1 rings (SSSR count). The van der Waals surface area contributed by atoms with E-state index in [0.29, 0.717) is 35.2 Å². The highest BCUT2D eigenvalue weighted by atomic mass is 35.5. The van der Waals surface area contributed by atoms with Gasteiger partial charge in [0.1, 0.15) is 0 Å². The van der Waals surface area contributed by atoms with Gasteiger partial charge in [0.2, 0.25) is 0 Å². The third-order valence-corrected chi connectivity index (χ3v) is 4.84. The molecule has 0 heterocycles. The number of halogens is 5. The molecule has 0 unspecified atom stereocenters. The Bertz CT molecular complexity index is 720. The van der Waals surface area contributed by atoms with Gasteiger partial charge in [-0.25, -0.2) is 0 Å². The summed E-state index contributed by atoms with van der Waals surface area (Å²) in [5.74, 6) is 0.552. The molecule has 0 aliphatic rings. The van der Waals surface area contributed by atoms with E-state index in [2.05, 4.69) is 6.92 Å². The smallest absolute Gasteiger partial charge is 0.490 e. The van der Waals surface area contributed by atoms with Crippen LogP contribution in [0.1, 0.15) is 45.1 Å². The number of aliphatic hydroxyl groups is 1. The number of hydrogen-bond acceptors (Lipinski definition) is 5. The molecule has 1 aromatic carbocycles. The summed E-state index contributed by atoms with van der Waals surface area (Å²) in [6.45, 7) is 4.54. The van der Waals surface area contributed by atoms with Gasteiger partial charge in [-0.15, -0.1) is 0 Å². The molecule has 0 amide bonds. The minimum Gasteiger partial charge on any atom is -0.490 e. The summed E-state index contributed by atoms with van der Waals surface area (Å²) in [5.41, 5.74) is 0.796. The van der Waals surface area contributed by atoms with Crippen LogP contribution in [-0.2, 0) is 16.5 Å². The Morgan fingerprint density at radius 3 is 2.03 bits per heavy atom. The van der Waals surface area contributed by atoms with Crippen molar-refractivity contribution in [2.45, 2.75) is 57.0 Å². The van der Waals surface area contributed by atoms with Gasteiger partial charge in [0, 0.05) is 5.54 Å². The second-order valence-electron chi connectivity index (χ2n) is 6.68. The van der Waals surface area contributed by atoms with Crippen LogP contribution in [-0.4, -0.2) is 42.3 Å². The molecular formula is C17H26Cl2F3NO5S. The molecule has 0 saturated heterocycles. The van der Waals surface area contributed by atoms with E-state index in [4.69, 9.17) is 51.7 Å². The van der Waals surface area contributed by atoms with E-state index in [1.165, 1.54) is 0 Å². The number of rotatable bonds is 9. The molecule has 12 heteroatoms. The Balaban J connectivity index is 0.000000828. The van der Waals surface area contributed by atoms with E-state index < -0.39 is 21.2 Å². The van der Waals surface area contributed by atoms with Crippen LogP contribution in [0.15, 0.2) is 12.1 Å². The van der Waals surface area contributed by atoms with Crippen LogP contribution in [0.3, 0.4) is 0 Å². The average Bonchev–Trinajstić information content (AvgIpc) is 2.57. The molecule has 170 valence electrons. The van der Waals surface area contributed by atoms with E-state index in [1.807, 2.05) is 19.1 Å². The highest BCUT2D eigenvalue weighted by Gasteiger charge is 2.44. The normalized spacial score (nSPS) is 14.0. The summed E-state index contributed by atoms with van der Waals surface area (Å²) in [4.78, 5) is 0. The zero-order valence-electron chi connectivity index (χ0n) is 16.1. The molecule has 0 saturated carbocycles. The highest BCUT2D eigenvalue weighted by Crippen LogP contribution is 2.35. The summed E-state index contributed by atoms with van der Waals surface area (Å²) in [6, 6.07) is 3.71. The Morgan fingerprint density at radius 1 is 1.17 bits per heavy atom. The van der Waals surface area contributed by atoms with Crippen LogP contribution >= 0.6 is 23.2 Å². The van der Waals surface area contributed by atoms with Gasteiger partial charge in [-0.3, -0.25) is 4.55 Å². The number of alkyl halides is 3. The minimum absolute atomic E-state index is 0.0485. The number of unbranched alkanes of at least 4 members (excludes halogenated alkanes) is 2. The number of ether oxygens (including phenoxy) is 1. The first-order valence-electron chi connectivity index (χ1n) is 8.69. The monoisotopic (exact) mass is 483 g/mol. The number of nitrogens with two attached hydrogens (primary N) is 1. The highest BCUT2D eigenvalue weighted by molar-refractivity contribution is 7.86. The van der Waals surface area contributed by atoms with E-state index in [-0.39, 0.29) is 6.61 Å². The Morgan fingerprint density at radius 2 is 1.66 bits per heavy atom. The zero-order valence-corrected chi connectivity index (χ0v) is 18.4. The van der Waals surface area contributed by atoms with Gasteiger partial charge in [0.25, 0.3) is 0 Å². The number of aliphatic hydroxyl groups excluding tert-OH is 1. The summed E-state index contributed by atoms with van der Waals surface area (Å²) < 4.78 is 63.2. The van der Waals surface area contributed by atoms with Crippen LogP contribution in [0.25, 0.3) is 0 Å². The SMILES string of the molecule is CCCCCOc1c(Cl)cc(CC[C@@](C)(N)CO)cc1Cl.O=S(=O)(O)C(F)(F)F. The standard InChI is InChI=1S/C16H25Cl2NO2.CHF3O3S/c1-3-4-5-8-21-15-13(17)9-12(10-14(15)18)6-7-16(2,19)11-20;2-1(3,4)8(5,6)7/h9-10,20H,3-8,11,19H2,1-2H3;(H,5,6,7)/t16-;/m1./s1. The average molecular weight is 484 g/mol. The summed E-state index contributed by atoms with van der Waals surface area (Å²) in [5, 5.41) is 10.2. The summed E-state index contributed by atoms with van der Waals surface area (Å²) >= 11 is 12.5. The lowest BCUT2D eigenvalue weighted by atomic mass is 9.95. The molecule has 29 heavy (non-hydrogen) atoms. The molecule has 1 atom stereocenters. The Labute approximate surface area is 178 Å². The van der Waals surface area contributed by atoms with Gasteiger partial charge in [0.15, 0.2) is 5.75 Å². The third-order valence-electron chi connectivity index (χ3n) is 3.69. The van der Waals surface area contributed by atoms with Crippen molar-refractivity contribution in [3.05, 3.63) is 27.7 Å². The molecule has 1 aromatic rings. The molecule has 0 fully saturated rings. The molecular weight excluding hydrogens is 458 g/mol. The van der Waals surface area contributed by atoms with Crippen molar-refractivity contribution >= 4 is 33.3 Å². The Kier molecular flexibility index (Phi) is 11.8. The second kappa shape index (κ2) is 12.2. The fourth-order valence-electron chi connectivity index (χ4n) is 1.93. The predicted molar refractivity (Wildman–Crippen MR) is 107 cm³/mol. The minimum atomic E-state index is -5.84. The van der Waals surface area contributed by atoms with E-state index >= 15 is 0 Å². The van der Waals surface area contributed by atoms with E-state index in [9.17, 15) is 13.2 Å².